The first-order chi connectivity index (χ1) is 12.9. The van der Waals surface area contributed by atoms with E-state index >= 15 is 0 Å². The molecular formula is C22H30N2S2. The van der Waals surface area contributed by atoms with Crippen molar-refractivity contribution in [2.24, 2.45) is 0 Å². The van der Waals surface area contributed by atoms with Gasteiger partial charge in [-0.1, -0.05) is 49.2 Å². The van der Waals surface area contributed by atoms with Gasteiger partial charge < -0.3 is 10.6 Å². The van der Waals surface area contributed by atoms with Crippen molar-refractivity contribution in [3.05, 3.63) is 60.7 Å². The van der Waals surface area contributed by atoms with Crippen molar-refractivity contribution in [1.29, 1.82) is 0 Å². The maximum Gasteiger partial charge on any atom is 0.0221 e. The molecule has 2 unspecified atom stereocenters. The van der Waals surface area contributed by atoms with Gasteiger partial charge in [0.25, 0.3) is 0 Å². The minimum atomic E-state index is 0.627. The maximum absolute atomic E-state index is 3.81. The van der Waals surface area contributed by atoms with Crippen molar-refractivity contribution >= 4 is 23.5 Å². The second-order valence-corrected chi connectivity index (χ2v) is 9.07. The molecule has 1 aliphatic carbocycles. The van der Waals surface area contributed by atoms with Crippen molar-refractivity contribution in [2.75, 3.05) is 24.6 Å². The molecule has 0 bridgehead atoms. The van der Waals surface area contributed by atoms with Crippen molar-refractivity contribution in [1.82, 2.24) is 10.6 Å². The fourth-order valence-corrected chi connectivity index (χ4v) is 5.09. The highest BCUT2D eigenvalue weighted by Gasteiger charge is 2.23. The van der Waals surface area contributed by atoms with Crippen LogP contribution in [0.2, 0.25) is 0 Å². The molecule has 0 aliphatic heterocycles. The van der Waals surface area contributed by atoms with Crippen LogP contribution in [0.1, 0.15) is 25.7 Å². The maximum atomic E-state index is 3.81. The second kappa shape index (κ2) is 11.7. The molecule has 0 radical (unpaired) electrons. The Bertz CT molecular complexity index is 551. The summed E-state index contributed by atoms with van der Waals surface area (Å²) in [5.41, 5.74) is 0. The van der Waals surface area contributed by atoms with Gasteiger partial charge >= 0.3 is 0 Å². The summed E-state index contributed by atoms with van der Waals surface area (Å²) in [7, 11) is 0. The van der Waals surface area contributed by atoms with Gasteiger partial charge in [0.15, 0.2) is 0 Å². The molecule has 0 heterocycles. The average molecular weight is 387 g/mol. The number of hydrogen-bond acceptors (Lipinski definition) is 4. The lowest BCUT2D eigenvalue weighted by Gasteiger charge is -2.33. The molecule has 2 atom stereocenters. The van der Waals surface area contributed by atoms with E-state index in [0.29, 0.717) is 12.1 Å². The van der Waals surface area contributed by atoms with E-state index in [2.05, 4.69) is 71.3 Å². The number of benzene rings is 2. The molecule has 0 aromatic heterocycles. The first-order valence-corrected chi connectivity index (χ1v) is 11.7. The summed E-state index contributed by atoms with van der Waals surface area (Å²) < 4.78 is 0. The molecule has 0 saturated heterocycles. The standard InChI is InChI=1S/C22H30N2S2/c1-3-9-19(10-4-1)25-17-15-23-21-13-7-8-14-22(21)24-16-18-26-20-11-5-2-6-12-20/h1-6,9-12,21-24H,7-8,13-18H2. The van der Waals surface area contributed by atoms with E-state index in [4.69, 9.17) is 0 Å². The Morgan fingerprint density at radius 2 is 1.08 bits per heavy atom. The first-order valence-electron chi connectivity index (χ1n) is 9.74. The van der Waals surface area contributed by atoms with Gasteiger partial charge in [-0.3, -0.25) is 0 Å². The lowest BCUT2D eigenvalue weighted by molar-refractivity contribution is 0.292. The SMILES string of the molecule is c1ccc(SCCNC2CCCCC2NCCSc2ccccc2)cc1. The zero-order valence-corrected chi connectivity index (χ0v) is 17.0. The summed E-state index contributed by atoms with van der Waals surface area (Å²) in [6.07, 6.45) is 5.33. The van der Waals surface area contributed by atoms with E-state index < -0.39 is 0 Å². The molecule has 2 N–H and O–H groups in total. The first kappa shape index (κ1) is 19.8. The topological polar surface area (TPSA) is 24.1 Å². The van der Waals surface area contributed by atoms with Crippen molar-refractivity contribution in [3.63, 3.8) is 0 Å². The van der Waals surface area contributed by atoms with E-state index in [0.717, 1.165) is 24.6 Å². The minimum Gasteiger partial charge on any atom is -0.312 e. The third kappa shape index (κ3) is 6.99. The van der Waals surface area contributed by atoms with Gasteiger partial charge in [0.1, 0.15) is 0 Å². The molecule has 4 heteroatoms. The molecule has 26 heavy (non-hydrogen) atoms. The summed E-state index contributed by atoms with van der Waals surface area (Å²) in [6.45, 7) is 2.17. The lowest BCUT2D eigenvalue weighted by atomic mass is 9.90. The van der Waals surface area contributed by atoms with Crippen LogP contribution in [0.4, 0.5) is 0 Å². The van der Waals surface area contributed by atoms with E-state index in [1.54, 1.807) is 0 Å². The molecule has 0 amide bonds. The predicted molar refractivity (Wildman–Crippen MR) is 116 cm³/mol. The number of nitrogens with one attached hydrogen (secondary N) is 2. The quantitative estimate of drug-likeness (QED) is 0.440. The third-order valence-electron chi connectivity index (χ3n) is 4.81. The van der Waals surface area contributed by atoms with E-state index in [9.17, 15) is 0 Å². The van der Waals surface area contributed by atoms with Crippen LogP contribution in [-0.2, 0) is 0 Å². The van der Waals surface area contributed by atoms with Crippen LogP contribution in [0.15, 0.2) is 70.5 Å². The van der Waals surface area contributed by atoms with Gasteiger partial charge in [0.05, 0.1) is 0 Å². The predicted octanol–water partition coefficient (Wildman–Crippen LogP) is 5.06. The summed E-state index contributed by atoms with van der Waals surface area (Å²) in [4.78, 5) is 2.73. The lowest BCUT2D eigenvalue weighted by Crippen LogP contribution is -2.50. The highest BCUT2D eigenvalue weighted by molar-refractivity contribution is 7.99. The Morgan fingerprint density at radius 3 is 1.50 bits per heavy atom. The molecule has 140 valence electrons. The summed E-state index contributed by atoms with van der Waals surface area (Å²) in [6, 6.07) is 22.7. The van der Waals surface area contributed by atoms with Gasteiger partial charge in [-0.25, -0.2) is 0 Å². The van der Waals surface area contributed by atoms with Gasteiger partial charge in [0, 0.05) is 46.5 Å². The largest absolute Gasteiger partial charge is 0.312 e. The van der Waals surface area contributed by atoms with Crippen LogP contribution < -0.4 is 10.6 Å². The number of thioether (sulfide) groups is 2. The summed E-state index contributed by atoms with van der Waals surface area (Å²) in [5, 5.41) is 7.62. The van der Waals surface area contributed by atoms with Crippen molar-refractivity contribution in [3.8, 4) is 0 Å². The van der Waals surface area contributed by atoms with Gasteiger partial charge in [0.2, 0.25) is 0 Å². The molecule has 0 spiro atoms. The highest BCUT2D eigenvalue weighted by atomic mass is 32.2. The smallest absolute Gasteiger partial charge is 0.0221 e. The fourth-order valence-electron chi connectivity index (χ4n) is 3.48. The highest BCUT2D eigenvalue weighted by Crippen LogP contribution is 2.21. The molecule has 2 nitrogen and oxygen atoms in total. The van der Waals surface area contributed by atoms with Crippen LogP contribution in [0.3, 0.4) is 0 Å². The monoisotopic (exact) mass is 386 g/mol. The van der Waals surface area contributed by atoms with Gasteiger partial charge in [-0.05, 0) is 37.1 Å². The van der Waals surface area contributed by atoms with Crippen LogP contribution >= 0.6 is 23.5 Å². The normalized spacial score (nSPS) is 20.2. The van der Waals surface area contributed by atoms with Gasteiger partial charge in [-0.15, -0.1) is 23.5 Å². The average Bonchev–Trinajstić information content (AvgIpc) is 2.71. The molecule has 3 rings (SSSR count). The van der Waals surface area contributed by atoms with E-state index in [1.807, 2.05) is 23.5 Å². The van der Waals surface area contributed by atoms with Crippen LogP contribution in [0, 0.1) is 0 Å². The molecule has 2 aromatic carbocycles. The summed E-state index contributed by atoms with van der Waals surface area (Å²) in [5.74, 6) is 2.27. The molecule has 1 aliphatic rings. The Morgan fingerprint density at radius 1 is 0.654 bits per heavy atom. The molecule has 1 saturated carbocycles. The van der Waals surface area contributed by atoms with E-state index in [1.165, 1.54) is 35.5 Å². The Hall–Kier alpha value is -0.940. The van der Waals surface area contributed by atoms with Crippen molar-refractivity contribution < 1.29 is 0 Å². The summed E-state index contributed by atoms with van der Waals surface area (Å²) >= 11 is 3.89. The zero-order chi connectivity index (χ0) is 17.9. The number of hydrogen-bond donors (Lipinski definition) is 2. The Kier molecular flexibility index (Phi) is 8.92. The van der Waals surface area contributed by atoms with Gasteiger partial charge in [-0.2, -0.15) is 0 Å². The Balaban J connectivity index is 1.33. The zero-order valence-electron chi connectivity index (χ0n) is 15.4. The van der Waals surface area contributed by atoms with Crippen LogP contribution in [0.25, 0.3) is 0 Å². The molecular weight excluding hydrogens is 356 g/mol. The van der Waals surface area contributed by atoms with Crippen LogP contribution in [0.5, 0.6) is 0 Å². The fraction of sp³-hybridized carbons (Fsp3) is 0.455. The second-order valence-electron chi connectivity index (χ2n) is 6.73. The third-order valence-corrected chi connectivity index (χ3v) is 6.83. The minimum absolute atomic E-state index is 0.627. The molecule has 1 fully saturated rings. The van der Waals surface area contributed by atoms with E-state index in [-0.39, 0.29) is 0 Å². The molecule has 2 aromatic rings. The van der Waals surface area contributed by atoms with Crippen LogP contribution in [-0.4, -0.2) is 36.7 Å². The Labute approximate surface area is 166 Å². The van der Waals surface area contributed by atoms with Crippen molar-refractivity contribution in [2.45, 2.75) is 47.6 Å². The number of rotatable bonds is 10.